The Morgan fingerprint density at radius 3 is 2.29 bits per heavy atom. The van der Waals surface area contributed by atoms with Gasteiger partial charge in [-0.3, -0.25) is 14.9 Å². The van der Waals surface area contributed by atoms with Crippen LogP contribution < -0.4 is 10.1 Å². The zero-order valence-electron chi connectivity index (χ0n) is 15.0. The van der Waals surface area contributed by atoms with Gasteiger partial charge in [-0.15, -0.1) is 0 Å². The summed E-state index contributed by atoms with van der Waals surface area (Å²) in [5.74, 6) is 0.215. The summed E-state index contributed by atoms with van der Waals surface area (Å²) in [6.07, 6.45) is -0.746. The highest BCUT2D eigenvalue weighted by Crippen LogP contribution is 2.27. The van der Waals surface area contributed by atoms with E-state index in [4.69, 9.17) is 4.74 Å². The van der Waals surface area contributed by atoms with E-state index < -0.39 is 11.0 Å². The SMILES string of the molecule is CC(Oc1ccc(-c2ccccc2)cc1)C(=O)Nc1ccc([N+](=O)[O-])cc1Br. The number of nitro groups is 1. The maximum absolute atomic E-state index is 12.4. The predicted octanol–water partition coefficient (Wildman–Crippen LogP) is 5.43. The van der Waals surface area contributed by atoms with Crippen LogP contribution in [0.15, 0.2) is 77.3 Å². The average molecular weight is 441 g/mol. The van der Waals surface area contributed by atoms with Gasteiger partial charge in [0.15, 0.2) is 6.10 Å². The molecule has 7 heteroatoms. The van der Waals surface area contributed by atoms with Crippen molar-refractivity contribution >= 4 is 33.2 Å². The quantitative estimate of drug-likeness (QED) is 0.409. The lowest BCUT2D eigenvalue weighted by molar-refractivity contribution is -0.384. The van der Waals surface area contributed by atoms with Crippen LogP contribution in [0.4, 0.5) is 11.4 Å². The third kappa shape index (κ3) is 4.75. The van der Waals surface area contributed by atoms with Crippen LogP contribution in [-0.4, -0.2) is 16.9 Å². The van der Waals surface area contributed by atoms with E-state index in [1.54, 1.807) is 6.92 Å². The van der Waals surface area contributed by atoms with Gasteiger partial charge in [0.25, 0.3) is 11.6 Å². The Hall–Kier alpha value is -3.19. The Morgan fingerprint density at radius 2 is 1.68 bits per heavy atom. The fraction of sp³-hybridized carbons (Fsp3) is 0.0952. The van der Waals surface area contributed by atoms with Crippen LogP contribution in [0.5, 0.6) is 5.75 Å². The number of benzene rings is 3. The first-order valence-corrected chi connectivity index (χ1v) is 9.30. The normalized spacial score (nSPS) is 11.5. The molecule has 0 bridgehead atoms. The monoisotopic (exact) mass is 440 g/mol. The Balaban J connectivity index is 1.63. The van der Waals surface area contributed by atoms with Gasteiger partial charge >= 0.3 is 0 Å². The second-order valence-corrected chi connectivity index (χ2v) is 6.92. The zero-order chi connectivity index (χ0) is 20.1. The molecule has 3 aromatic carbocycles. The van der Waals surface area contributed by atoms with Gasteiger partial charge in [0.1, 0.15) is 5.75 Å². The van der Waals surface area contributed by atoms with Crippen LogP contribution in [0, 0.1) is 10.1 Å². The summed E-state index contributed by atoms with van der Waals surface area (Å²) in [5.41, 5.74) is 2.53. The summed E-state index contributed by atoms with van der Waals surface area (Å²) in [6, 6.07) is 21.6. The molecule has 0 spiro atoms. The molecular weight excluding hydrogens is 424 g/mol. The molecule has 6 nitrogen and oxygen atoms in total. The summed E-state index contributed by atoms with van der Waals surface area (Å²) in [5, 5.41) is 13.5. The lowest BCUT2D eigenvalue weighted by atomic mass is 10.1. The number of carbonyl (C=O) groups is 1. The van der Waals surface area contributed by atoms with Gasteiger partial charge in [-0.1, -0.05) is 42.5 Å². The standard InChI is InChI=1S/C21H17BrN2O4/c1-14(21(25)23-20-12-9-17(24(26)27)13-19(20)22)28-18-10-7-16(8-11-18)15-5-3-2-4-6-15/h2-14H,1H3,(H,23,25). The molecule has 0 aliphatic carbocycles. The molecule has 1 N–H and O–H groups in total. The van der Waals surface area contributed by atoms with E-state index in [2.05, 4.69) is 21.2 Å². The van der Waals surface area contributed by atoms with Crippen molar-refractivity contribution in [2.45, 2.75) is 13.0 Å². The third-order valence-corrected chi connectivity index (χ3v) is 4.72. The number of hydrogen-bond donors (Lipinski definition) is 1. The first-order valence-electron chi connectivity index (χ1n) is 8.51. The lowest BCUT2D eigenvalue weighted by Gasteiger charge is -2.15. The van der Waals surface area contributed by atoms with Gasteiger partial charge in [0.2, 0.25) is 0 Å². The molecular formula is C21H17BrN2O4. The van der Waals surface area contributed by atoms with Gasteiger partial charge < -0.3 is 10.1 Å². The van der Waals surface area contributed by atoms with Crippen molar-refractivity contribution in [3.8, 4) is 16.9 Å². The molecule has 0 saturated heterocycles. The topological polar surface area (TPSA) is 81.5 Å². The molecule has 28 heavy (non-hydrogen) atoms. The van der Waals surface area contributed by atoms with E-state index in [1.807, 2.05) is 54.6 Å². The van der Waals surface area contributed by atoms with E-state index in [0.29, 0.717) is 15.9 Å². The maximum atomic E-state index is 12.4. The number of carbonyl (C=O) groups excluding carboxylic acids is 1. The van der Waals surface area contributed by atoms with Crippen molar-refractivity contribution in [3.63, 3.8) is 0 Å². The van der Waals surface area contributed by atoms with Gasteiger partial charge in [0, 0.05) is 16.6 Å². The van der Waals surface area contributed by atoms with Gasteiger partial charge in [-0.2, -0.15) is 0 Å². The minimum absolute atomic E-state index is 0.0623. The Labute approximate surface area is 170 Å². The van der Waals surface area contributed by atoms with Gasteiger partial charge in [-0.25, -0.2) is 0 Å². The number of amides is 1. The van der Waals surface area contributed by atoms with Crippen molar-refractivity contribution in [2.75, 3.05) is 5.32 Å². The second kappa shape index (κ2) is 8.67. The fourth-order valence-corrected chi connectivity index (χ4v) is 3.03. The molecule has 142 valence electrons. The molecule has 0 radical (unpaired) electrons. The fourth-order valence-electron chi connectivity index (χ4n) is 2.57. The first-order chi connectivity index (χ1) is 13.4. The van der Waals surface area contributed by atoms with Crippen LogP contribution in [-0.2, 0) is 4.79 Å². The van der Waals surface area contributed by atoms with Crippen LogP contribution in [0.1, 0.15) is 6.92 Å². The van der Waals surface area contributed by atoms with Crippen LogP contribution in [0.3, 0.4) is 0 Å². The Kier molecular flexibility index (Phi) is 6.06. The minimum atomic E-state index is -0.746. The minimum Gasteiger partial charge on any atom is -0.481 e. The summed E-state index contributed by atoms with van der Waals surface area (Å²) in [4.78, 5) is 22.7. The molecule has 0 saturated carbocycles. The van der Waals surface area contributed by atoms with E-state index in [9.17, 15) is 14.9 Å². The van der Waals surface area contributed by atoms with E-state index in [-0.39, 0.29) is 11.6 Å². The van der Waals surface area contributed by atoms with Crippen molar-refractivity contribution in [2.24, 2.45) is 0 Å². The molecule has 1 unspecified atom stereocenters. The Morgan fingerprint density at radius 1 is 1.04 bits per heavy atom. The van der Waals surface area contributed by atoms with Crippen LogP contribution in [0.2, 0.25) is 0 Å². The number of nitro benzene ring substituents is 1. The molecule has 0 heterocycles. The molecule has 0 aromatic heterocycles. The second-order valence-electron chi connectivity index (χ2n) is 6.06. The summed E-state index contributed by atoms with van der Waals surface area (Å²) < 4.78 is 6.13. The number of anilines is 1. The maximum Gasteiger partial charge on any atom is 0.270 e. The first kappa shape index (κ1) is 19.6. The zero-order valence-corrected chi connectivity index (χ0v) is 16.5. The largest absolute Gasteiger partial charge is 0.481 e. The van der Waals surface area contributed by atoms with E-state index >= 15 is 0 Å². The number of nitrogens with one attached hydrogen (secondary N) is 1. The number of hydrogen-bond acceptors (Lipinski definition) is 4. The van der Waals surface area contributed by atoms with E-state index in [1.165, 1.54) is 18.2 Å². The highest BCUT2D eigenvalue weighted by Gasteiger charge is 2.17. The van der Waals surface area contributed by atoms with Crippen LogP contribution in [0.25, 0.3) is 11.1 Å². The summed E-state index contributed by atoms with van der Waals surface area (Å²) in [7, 11) is 0. The number of rotatable bonds is 6. The smallest absolute Gasteiger partial charge is 0.270 e. The number of halogens is 1. The highest BCUT2D eigenvalue weighted by molar-refractivity contribution is 9.10. The highest BCUT2D eigenvalue weighted by atomic mass is 79.9. The molecule has 3 aromatic rings. The van der Waals surface area contributed by atoms with Gasteiger partial charge in [0.05, 0.1) is 10.6 Å². The summed E-state index contributed by atoms with van der Waals surface area (Å²) in [6.45, 7) is 1.64. The van der Waals surface area contributed by atoms with Crippen LogP contribution >= 0.6 is 15.9 Å². The van der Waals surface area contributed by atoms with Crippen molar-refractivity contribution < 1.29 is 14.5 Å². The number of non-ortho nitro benzene ring substituents is 1. The van der Waals surface area contributed by atoms with Gasteiger partial charge in [-0.05, 0) is 52.2 Å². The molecule has 0 aliphatic rings. The molecule has 1 atom stereocenters. The lowest BCUT2D eigenvalue weighted by Crippen LogP contribution is -2.30. The van der Waals surface area contributed by atoms with Crippen molar-refractivity contribution in [1.82, 2.24) is 0 Å². The van der Waals surface area contributed by atoms with E-state index in [0.717, 1.165) is 11.1 Å². The average Bonchev–Trinajstić information content (AvgIpc) is 2.70. The Bertz CT molecular complexity index is 991. The van der Waals surface area contributed by atoms with Crippen molar-refractivity contribution in [1.29, 1.82) is 0 Å². The number of nitrogens with zero attached hydrogens (tertiary/aromatic N) is 1. The third-order valence-electron chi connectivity index (χ3n) is 4.06. The predicted molar refractivity (Wildman–Crippen MR) is 111 cm³/mol. The molecule has 3 rings (SSSR count). The molecule has 0 aliphatic heterocycles. The summed E-state index contributed by atoms with van der Waals surface area (Å²) >= 11 is 3.23. The number of ether oxygens (including phenoxy) is 1. The molecule has 0 fully saturated rings. The molecule has 1 amide bonds. The van der Waals surface area contributed by atoms with Crippen molar-refractivity contribution in [3.05, 3.63) is 87.4 Å².